The molecule has 3 rings (SSSR count). The van der Waals surface area contributed by atoms with Crippen LogP contribution in [0.1, 0.15) is 24.2 Å². The van der Waals surface area contributed by atoms with Gasteiger partial charge in [-0.1, -0.05) is 12.1 Å². The Morgan fingerprint density at radius 1 is 1.21 bits per heavy atom. The fourth-order valence-electron chi connectivity index (χ4n) is 3.23. The van der Waals surface area contributed by atoms with Crippen molar-refractivity contribution in [3.8, 4) is 0 Å². The molecule has 2 aromatic rings. The summed E-state index contributed by atoms with van der Waals surface area (Å²) < 4.78 is 34.0. The molecule has 0 aliphatic carbocycles. The van der Waals surface area contributed by atoms with E-state index in [9.17, 15) is 13.2 Å². The number of carbonyl (C=O) groups excluding carboxylic acids is 1. The first-order valence-electron chi connectivity index (χ1n) is 9.88. The minimum atomic E-state index is -3.48. The molecule has 9 heteroatoms. The van der Waals surface area contributed by atoms with Gasteiger partial charge in [0.05, 0.1) is 18.1 Å². The lowest BCUT2D eigenvalue weighted by Gasteiger charge is -2.26. The molecule has 8 nitrogen and oxygen atoms in total. The summed E-state index contributed by atoms with van der Waals surface area (Å²) in [6.45, 7) is 5.01. The summed E-state index contributed by atoms with van der Waals surface area (Å²) in [6, 6.07) is 6.79. The Labute approximate surface area is 171 Å². The van der Waals surface area contributed by atoms with Crippen LogP contribution >= 0.6 is 0 Å². The Morgan fingerprint density at radius 3 is 2.59 bits per heavy atom. The Morgan fingerprint density at radius 2 is 1.93 bits per heavy atom. The smallest absolute Gasteiger partial charge is 0.243 e. The first-order valence-corrected chi connectivity index (χ1v) is 11.3. The standard InChI is InChI=1S/C20H28N4O4S/c1-17-21-10-12-23(17)11-2-9-22-20(25)8-5-18-3-6-19(7-4-18)29(26,27)24-13-15-28-16-14-24/h3-4,6-7,10,12H,2,5,8-9,11,13-16H2,1H3,(H,22,25). The zero-order valence-electron chi connectivity index (χ0n) is 16.7. The van der Waals surface area contributed by atoms with Gasteiger partial charge in [0.1, 0.15) is 5.82 Å². The molecule has 29 heavy (non-hydrogen) atoms. The van der Waals surface area contributed by atoms with E-state index >= 15 is 0 Å². The molecule has 0 bridgehead atoms. The number of imidazole rings is 1. The van der Waals surface area contributed by atoms with Gasteiger partial charge >= 0.3 is 0 Å². The molecule has 0 unspecified atom stereocenters. The van der Waals surface area contributed by atoms with Gasteiger partial charge in [-0.2, -0.15) is 4.31 Å². The number of hydrogen-bond donors (Lipinski definition) is 1. The number of carbonyl (C=O) groups is 1. The predicted octanol–water partition coefficient (Wildman–Crippen LogP) is 1.35. The van der Waals surface area contributed by atoms with E-state index in [1.54, 1.807) is 30.5 Å². The Hall–Kier alpha value is -2.23. The minimum Gasteiger partial charge on any atom is -0.379 e. The molecule has 1 fully saturated rings. The number of benzene rings is 1. The highest BCUT2D eigenvalue weighted by Gasteiger charge is 2.26. The van der Waals surface area contributed by atoms with Gasteiger partial charge in [0.25, 0.3) is 0 Å². The average molecular weight is 421 g/mol. The normalized spacial score (nSPS) is 15.3. The van der Waals surface area contributed by atoms with Gasteiger partial charge < -0.3 is 14.6 Å². The summed E-state index contributed by atoms with van der Waals surface area (Å²) in [5.74, 6) is 0.966. The molecule has 1 saturated heterocycles. The molecule has 0 spiro atoms. The number of nitrogens with zero attached hydrogens (tertiary/aromatic N) is 3. The van der Waals surface area contributed by atoms with Crippen LogP contribution in [0.15, 0.2) is 41.6 Å². The van der Waals surface area contributed by atoms with Gasteiger partial charge in [-0.05, 0) is 37.5 Å². The molecule has 0 saturated carbocycles. The Balaban J connectivity index is 1.41. The fourth-order valence-corrected chi connectivity index (χ4v) is 4.64. The summed E-state index contributed by atoms with van der Waals surface area (Å²) in [4.78, 5) is 16.5. The number of rotatable bonds is 9. The number of amides is 1. The van der Waals surface area contributed by atoms with Crippen molar-refractivity contribution in [3.05, 3.63) is 48.0 Å². The van der Waals surface area contributed by atoms with Crippen LogP contribution in [0.2, 0.25) is 0 Å². The van der Waals surface area contributed by atoms with Crippen molar-refractivity contribution in [3.63, 3.8) is 0 Å². The monoisotopic (exact) mass is 420 g/mol. The summed E-state index contributed by atoms with van der Waals surface area (Å²) in [7, 11) is -3.48. The Bertz CT molecular complexity index is 903. The second-order valence-corrected chi connectivity index (χ2v) is 8.97. The number of hydrogen-bond acceptors (Lipinski definition) is 5. The van der Waals surface area contributed by atoms with Gasteiger partial charge in [0.2, 0.25) is 15.9 Å². The maximum absolute atomic E-state index is 12.6. The van der Waals surface area contributed by atoms with Crippen LogP contribution < -0.4 is 5.32 Å². The van der Waals surface area contributed by atoms with E-state index in [0.29, 0.717) is 45.7 Å². The second-order valence-electron chi connectivity index (χ2n) is 7.03. The number of sulfonamides is 1. The van der Waals surface area contributed by atoms with E-state index in [-0.39, 0.29) is 10.8 Å². The van der Waals surface area contributed by atoms with E-state index < -0.39 is 10.0 Å². The number of ether oxygens (including phenoxy) is 1. The molecule has 1 aliphatic heterocycles. The maximum atomic E-state index is 12.6. The highest BCUT2D eigenvalue weighted by atomic mass is 32.2. The molecule has 1 aromatic carbocycles. The molecule has 2 heterocycles. The third-order valence-corrected chi connectivity index (χ3v) is 6.91. The lowest BCUT2D eigenvalue weighted by molar-refractivity contribution is -0.121. The van der Waals surface area contributed by atoms with Crippen molar-refractivity contribution >= 4 is 15.9 Å². The molecular weight excluding hydrogens is 392 g/mol. The van der Waals surface area contributed by atoms with Crippen molar-refractivity contribution in [1.82, 2.24) is 19.2 Å². The zero-order chi connectivity index (χ0) is 20.7. The lowest BCUT2D eigenvalue weighted by atomic mass is 10.1. The van der Waals surface area contributed by atoms with E-state index in [4.69, 9.17) is 4.74 Å². The highest BCUT2D eigenvalue weighted by Crippen LogP contribution is 2.18. The van der Waals surface area contributed by atoms with Gasteiger partial charge in [-0.3, -0.25) is 4.79 Å². The molecule has 1 aromatic heterocycles. The maximum Gasteiger partial charge on any atom is 0.243 e. The van der Waals surface area contributed by atoms with Crippen LogP contribution in [0.25, 0.3) is 0 Å². The number of nitrogens with one attached hydrogen (secondary N) is 1. The zero-order valence-corrected chi connectivity index (χ0v) is 17.5. The minimum absolute atomic E-state index is 0.00244. The van der Waals surface area contributed by atoms with E-state index in [2.05, 4.69) is 14.9 Å². The summed E-state index contributed by atoms with van der Waals surface area (Å²) in [5, 5.41) is 2.93. The molecule has 0 radical (unpaired) electrons. The van der Waals surface area contributed by atoms with Crippen molar-refractivity contribution in [2.45, 2.75) is 37.6 Å². The number of aryl methyl sites for hydroxylation is 3. The van der Waals surface area contributed by atoms with E-state index in [1.165, 1.54) is 4.31 Å². The Kier molecular flexibility index (Phi) is 7.40. The van der Waals surface area contributed by atoms with Crippen molar-refractivity contribution in [2.75, 3.05) is 32.8 Å². The summed E-state index contributed by atoms with van der Waals surface area (Å²) >= 11 is 0. The van der Waals surface area contributed by atoms with Crippen LogP contribution in [0.5, 0.6) is 0 Å². The van der Waals surface area contributed by atoms with Crippen molar-refractivity contribution < 1.29 is 17.9 Å². The van der Waals surface area contributed by atoms with Crippen molar-refractivity contribution in [2.24, 2.45) is 0 Å². The first-order chi connectivity index (χ1) is 14.0. The highest BCUT2D eigenvalue weighted by molar-refractivity contribution is 7.89. The third kappa shape index (κ3) is 5.88. The molecule has 1 aliphatic rings. The molecular formula is C20H28N4O4S. The first kappa shape index (κ1) is 21.5. The van der Waals surface area contributed by atoms with Gasteiger partial charge in [-0.15, -0.1) is 0 Å². The SMILES string of the molecule is Cc1nccn1CCCNC(=O)CCc1ccc(S(=O)(=O)N2CCOCC2)cc1. The van der Waals surface area contributed by atoms with Gasteiger partial charge in [0.15, 0.2) is 0 Å². The molecule has 1 amide bonds. The van der Waals surface area contributed by atoms with E-state index in [0.717, 1.165) is 24.4 Å². The van der Waals surface area contributed by atoms with Crippen LogP contribution in [0.3, 0.4) is 0 Å². The summed E-state index contributed by atoms with van der Waals surface area (Å²) in [6.07, 6.45) is 5.49. The van der Waals surface area contributed by atoms with Gasteiger partial charge in [0, 0.05) is 45.0 Å². The molecule has 1 N–H and O–H groups in total. The third-order valence-electron chi connectivity index (χ3n) is 4.99. The largest absolute Gasteiger partial charge is 0.379 e. The van der Waals surface area contributed by atoms with E-state index in [1.807, 2.05) is 13.1 Å². The number of aromatic nitrogens is 2. The van der Waals surface area contributed by atoms with Crippen LogP contribution in [0, 0.1) is 6.92 Å². The molecule has 0 atom stereocenters. The van der Waals surface area contributed by atoms with Crippen LogP contribution in [0.4, 0.5) is 0 Å². The van der Waals surface area contributed by atoms with Crippen molar-refractivity contribution in [1.29, 1.82) is 0 Å². The quantitative estimate of drug-likeness (QED) is 0.618. The summed E-state index contributed by atoms with van der Waals surface area (Å²) in [5.41, 5.74) is 0.940. The fraction of sp³-hybridized carbons (Fsp3) is 0.500. The topological polar surface area (TPSA) is 93.5 Å². The lowest BCUT2D eigenvalue weighted by Crippen LogP contribution is -2.40. The van der Waals surface area contributed by atoms with Crippen LogP contribution in [-0.4, -0.2) is 61.0 Å². The molecule has 158 valence electrons. The number of morpholine rings is 1. The van der Waals surface area contributed by atoms with Gasteiger partial charge in [-0.25, -0.2) is 13.4 Å². The predicted molar refractivity (Wildman–Crippen MR) is 109 cm³/mol. The average Bonchev–Trinajstić information content (AvgIpc) is 3.15. The van der Waals surface area contributed by atoms with Crippen LogP contribution in [-0.2, 0) is 32.5 Å². The second kappa shape index (κ2) is 10.00.